The number of ether oxygens (including phenoxy) is 2. The van der Waals surface area contributed by atoms with E-state index in [4.69, 9.17) is 9.47 Å². The van der Waals surface area contributed by atoms with E-state index in [9.17, 15) is 9.59 Å². The van der Waals surface area contributed by atoms with Crippen molar-refractivity contribution in [1.29, 1.82) is 0 Å². The number of benzene rings is 1. The summed E-state index contributed by atoms with van der Waals surface area (Å²) in [7, 11) is 4.75. The van der Waals surface area contributed by atoms with Crippen LogP contribution in [0.1, 0.15) is 29.8 Å². The number of aryl methyl sites for hydroxylation is 1. The van der Waals surface area contributed by atoms with Gasteiger partial charge >= 0.3 is 5.97 Å². The number of nitrogens with zero attached hydrogens (tertiary/aromatic N) is 4. The second-order valence-corrected chi connectivity index (χ2v) is 8.16. The molecule has 0 saturated carbocycles. The molecule has 160 valence electrons. The topological polar surface area (TPSA) is 87.7 Å². The van der Waals surface area contributed by atoms with Crippen LogP contribution in [-0.2, 0) is 16.6 Å². The van der Waals surface area contributed by atoms with Crippen molar-refractivity contribution in [2.75, 3.05) is 14.2 Å². The number of aromatic nitrogens is 3. The van der Waals surface area contributed by atoms with Gasteiger partial charge in [0.05, 0.1) is 36.2 Å². The Morgan fingerprint density at radius 2 is 1.90 bits per heavy atom. The Labute approximate surface area is 182 Å². The molecule has 0 saturated heterocycles. The highest BCUT2D eigenvalue weighted by Crippen LogP contribution is 2.32. The molecule has 0 radical (unpaired) electrons. The molecule has 0 N–H and O–H groups in total. The lowest BCUT2D eigenvalue weighted by Gasteiger charge is -2.23. The van der Waals surface area contributed by atoms with Crippen molar-refractivity contribution in [3.8, 4) is 5.75 Å². The number of hydrogen-bond acceptors (Lipinski definition) is 7. The predicted octanol–water partition coefficient (Wildman–Crippen LogP) is 1.46. The van der Waals surface area contributed by atoms with E-state index in [1.807, 2.05) is 44.3 Å². The van der Waals surface area contributed by atoms with Gasteiger partial charge in [-0.2, -0.15) is 5.10 Å². The molecule has 3 aromatic rings. The first kappa shape index (κ1) is 20.8. The standard InChI is InChI=1S/C22H22N4O4S/c1-12-18(21(28)30-5)19(16-11-23-25(3)13(16)2)26-20(27)17(31-22(26)24-12)10-14-6-8-15(29-4)9-7-14/h6-11,19H,1-5H3/b17-10+. The van der Waals surface area contributed by atoms with Gasteiger partial charge in [0.2, 0.25) is 0 Å². The lowest BCUT2D eigenvalue weighted by atomic mass is 9.96. The van der Waals surface area contributed by atoms with Gasteiger partial charge in [0, 0.05) is 18.3 Å². The average Bonchev–Trinajstić information content (AvgIpc) is 3.25. The molecule has 9 heteroatoms. The van der Waals surface area contributed by atoms with Gasteiger partial charge in [0.1, 0.15) is 11.8 Å². The highest BCUT2D eigenvalue weighted by atomic mass is 32.1. The van der Waals surface area contributed by atoms with Gasteiger partial charge in [-0.05, 0) is 37.6 Å². The van der Waals surface area contributed by atoms with E-state index in [0.717, 1.165) is 22.6 Å². The van der Waals surface area contributed by atoms with Crippen molar-refractivity contribution in [2.24, 2.45) is 12.0 Å². The maximum absolute atomic E-state index is 13.5. The van der Waals surface area contributed by atoms with Crippen LogP contribution in [-0.4, -0.2) is 34.5 Å². The minimum Gasteiger partial charge on any atom is -0.497 e. The largest absolute Gasteiger partial charge is 0.497 e. The van der Waals surface area contributed by atoms with Crippen molar-refractivity contribution in [2.45, 2.75) is 19.9 Å². The van der Waals surface area contributed by atoms with Crippen LogP contribution in [0.3, 0.4) is 0 Å². The van der Waals surface area contributed by atoms with Gasteiger partial charge in [-0.25, -0.2) is 9.79 Å². The van der Waals surface area contributed by atoms with Gasteiger partial charge in [0.15, 0.2) is 4.80 Å². The van der Waals surface area contributed by atoms with Crippen LogP contribution < -0.4 is 19.6 Å². The Kier molecular flexibility index (Phi) is 5.36. The molecule has 1 atom stereocenters. The number of thiazole rings is 1. The van der Waals surface area contributed by atoms with Gasteiger partial charge in [-0.3, -0.25) is 14.0 Å². The Morgan fingerprint density at radius 1 is 1.19 bits per heavy atom. The first-order valence-electron chi connectivity index (χ1n) is 9.59. The first-order chi connectivity index (χ1) is 14.8. The zero-order valence-electron chi connectivity index (χ0n) is 17.9. The molecule has 0 fully saturated rings. The molecule has 0 aliphatic carbocycles. The second-order valence-electron chi connectivity index (χ2n) is 7.16. The molecular formula is C22H22N4O4S. The summed E-state index contributed by atoms with van der Waals surface area (Å²) in [6, 6.07) is 6.78. The number of fused-ring (bicyclic) bond motifs is 1. The van der Waals surface area contributed by atoms with E-state index < -0.39 is 12.0 Å². The van der Waals surface area contributed by atoms with Gasteiger partial charge in [0.25, 0.3) is 5.56 Å². The van der Waals surface area contributed by atoms with Gasteiger partial charge in [-0.1, -0.05) is 23.5 Å². The summed E-state index contributed by atoms with van der Waals surface area (Å²) < 4.78 is 14.0. The number of rotatable bonds is 4. The predicted molar refractivity (Wildman–Crippen MR) is 117 cm³/mol. The van der Waals surface area contributed by atoms with Crippen LogP contribution in [0.2, 0.25) is 0 Å². The molecule has 0 amide bonds. The Bertz CT molecular complexity index is 1380. The van der Waals surface area contributed by atoms with Crippen LogP contribution in [0.4, 0.5) is 0 Å². The average molecular weight is 439 g/mol. The minimum atomic E-state index is -0.657. The summed E-state index contributed by atoms with van der Waals surface area (Å²) in [5, 5.41) is 4.31. The van der Waals surface area contributed by atoms with Gasteiger partial charge < -0.3 is 9.47 Å². The Balaban J connectivity index is 1.96. The van der Waals surface area contributed by atoms with Crippen LogP contribution >= 0.6 is 11.3 Å². The molecule has 0 spiro atoms. The van der Waals surface area contributed by atoms with E-state index >= 15 is 0 Å². The molecule has 1 aliphatic rings. The molecule has 1 unspecified atom stereocenters. The van der Waals surface area contributed by atoms with Gasteiger partial charge in [-0.15, -0.1) is 0 Å². The summed E-state index contributed by atoms with van der Waals surface area (Å²) in [5.41, 5.74) is 3.12. The lowest BCUT2D eigenvalue weighted by molar-refractivity contribution is -0.136. The SMILES string of the molecule is COC(=O)C1=C(C)N=c2s/c(=C/c3ccc(OC)cc3)c(=O)n2C1c1cnn(C)c1C. The fourth-order valence-electron chi connectivity index (χ4n) is 3.62. The third-order valence-corrected chi connectivity index (χ3v) is 6.39. The summed E-state index contributed by atoms with van der Waals surface area (Å²) in [6.07, 6.45) is 3.50. The normalized spacial score (nSPS) is 16.2. The molecule has 1 aromatic carbocycles. The summed E-state index contributed by atoms with van der Waals surface area (Å²) in [5.74, 6) is 0.225. The Morgan fingerprint density at radius 3 is 2.48 bits per heavy atom. The maximum Gasteiger partial charge on any atom is 0.338 e. The van der Waals surface area contributed by atoms with Crippen molar-refractivity contribution >= 4 is 23.4 Å². The minimum absolute atomic E-state index is 0.221. The third-order valence-electron chi connectivity index (χ3n) is 5.41. The van der Waals surface area contributed by atoms with Crippen molar-refractivity contribution in [3.63, 3.8) is 0 Å². The van der Waals surface area contributed by atoms with Crippen molar-refractivity contribution < 1.29 is 14.3 Å². The summed E-state index contributed by atoms with van der Waals surface area (Å²) in [6.45, 7) is 3.66. The lowest BCUT2D eigenvalue weighted by Crippen LogP contribution is -2.40. The zero-order valence-corrected chi connectivity index (χ0v) is 18.7. The van der Waals surface area contributed by atoms with Crippen LogP contribution in [0.5, 0.6) is 5.75 Å². The van der Waals surface area contributed by atoms with Crippen LogP contribution in [0.25, 0.3) is 6.08 Å². The monoisotopic (exact) mass is 438 g/mol. The maximum atomic E-state index is 13.5. The molecule has 2 aromatic heterocycles. The summed E-state index contributed by atoms with van der Waals surface area (Å²) >= 11 is 1.29. The quantitative estimate of drug-likeness (QED) is 0.576. The molecular weight excluding hydrogens is 416 g/mol. The number of methoxy groups -OCH3 is 2. The highest BCUT2D eigenvalue weighted by molar-refractivity contribution is 7.07. The molecule has 31 heavy (non-hydrogen) atoms. The molecule has 4 rings (SSSR count). The smallest absolute Gasteiger partial charge is 0.338 e. The number of allylic oxidation sites excluding steroid dienone is 1. The van der Waals surface area contributed by atoms with Crippen molar-refractivity contribution in [3.05, 3.63) is 78.2 Å². The third kappa shape index (κ3) is 3.50. The number of carbonyl (C=O) groups excluding carboxylic acids is 1. The zero-order chi connectivity index (χ0) is 22.3. The van der Waals surface area contributed by atoms with E-state index in [-0.39, 0.29) is 5.56 Å². The molecule has 1 aliphatic heterocycles. The van der Waals surface area contributed by atoms with Crippen molar-refractivity contribution in [1.82, 2.24) is 14.3 Å². The fourth-order valence-corrected chi connectivity index (χ4v) is 4.67. The highest BCUT2D eigenvalue weighted by Gasteiger charge is 2.34. The van der Waals surface area contributed by atoms with E-state index in [1.54, 1.807) is 29.5 Å². The molecule has 0 bridgehead atoms. The first-order valence-corrected chi connectivity index (χ1v) is 10.4. The second kappa shape index (κ2) is 7.99. The van der Waals surface area contributed by atoms with E-state index in [2.05, 4.69) is 10.1 Å². The number of carbonyl (C=O) groups is 1. The number of hydrogen-bond donors (Lipinski definition) is 0. The van der Waals surface area contributed by atoms with E-state index in [0.29, 0.717) is 20.6 Å². The molecule has 3 heterocycles. The van der Waals surface area contributed by atoms with E-state index in [1.165, 1.54) is 18.4 Å². The fraction of sp³-hybridized carbons (Fsp3) is 0.273. The number of esters is 1. The Hall–Kier alpha value is -3.46. The van der Waals surface area contributed by atoms with Crippen LogP contribution in [0.15, 0.2) is 51.5 Å². The van der Waals surface area contributed by atoms with Crippen LogP contribution in [0, 0.1) is 6.92 Å². The molecule has 8 nitrogen and oxygen atoms in total. The summed E-state index contributed by atoms with van der Waals surface area (Å²) in [4.78, 5) is 31.2.